The van der Waals surface area contributed by atoms with E-state index in [1.165, 1.54) is 0 Å². The van der Waals surface area contributed by atoms with Crippen LogP contribution in [0, 0.1) is 0 Å². The Morgan fingerprint density at radius 2 is 2.35 bits per heavy atom. The van der Waals surface area contributed by atoms with E-state index in [2.05, 4.69) is 16.3 Å². The molecule has 0 aromatic carbocycles. The van der Waals surface area contributed by atoms with Crippen LogP contribution < -0.4 is 5.32 Å². The summed E-state index contributed by atoms with van der Waals surface area (Å²) in [5.74, 6) is 0.177. The van der Waals surface area contributed by atoms with Gasteiger partial charge < -0.3 is 10.1 Å². The summed E-state index contributed by atoms with van der Waals surface area (Å²) < 4.78 is 5.55. The number of nitrogens with zero attached hydrogens (tertiary/aromatic N) is 1. The summed E-state index contributed by atoms with van der Waals surface area (Å²) in [5, 5.41) is 2.98. The molecule has 2 atom stereocenters. The molecule has 0 aromatic heterocycles. The van der Waals surface area contributed by atoms with E-state index in [0.29, 0.717) is 0 Å². The molecular weight excluding hydrogens is 216 g/mol. The highest BCUT2D eigenvalue weighted by molar-refractivity contribution is 5.81. The maximum atomic E-state index is 11.9. The molecule has 0 aliphatic carbocycles. The van der Waals surface area contributed by atoms with Gasteiger partial charge in [0.05, 0.1) is 12.3 Å². The molecule has 0 radical (unpaired) electrons. The first-order chi connectivity index (χ1) is 8.27. The van der Waals surface area contributed by atoms with E-state index in [0.717, 1.165) is 45.2 Å². The van der Waals surface area contributed by atoms with Gasteiger partial charge in [-0.2, -0.15) is 0 Å². The molecule has 0 aromatic rings. The van der Waals surface area contributed by atoms with Crippen molar-refractivity contribution in [1.29, 1.82) is 0 Å². The number of nitrogens with one attached hydrogen (secondary N) is 1. The van der Waals surface area contributed by atoms with Crippen LogP contribution in [-0.2, 0) is 9.53 Å². The monoisotopic (exact) mass is 238 g/mol. The van der Waals surface area contributed by atoms with Crippen molar-refractivity contribution in [3.05, 3.63) is 12.3 Å². The van der Waals surface area contributed by atoms with E-state index < -0.39 is 0 Å². The van der Waals surface area contributed by atoms with Crippen LogP contribution in [-0.4, -0.2) is 43.1 Å². The Morgan fingerprint density at radius 3 is 3.12 bits per heavy atom. The van der Waals surface area contributed by atoms with Gasteiger partial charge in [0.1, 0.15) is 6.10 Å². The van der Waals surface area contributed by atoms with E-state index in [1.807, 2.05) is 7.05 Å². The number of carbonyl (C=O) groups is 1. The molecule has 2 unspecified atom stereocenters. The van der Waals surface area contributed by atoms with Gasteiger partial charge >= 0.3 is 0 Å². The van der Waals surface area contributed by atoms with Crippen molar-refractivity contribution in [3.8, 4) is 0 Å². The molecular formula is C13H22N2O2. The SMILES string of the molecule is CN(CC1CCC=CO1)C1CCCCNC1=O. The van der Waals surface area contributed by atoms with Crippen molar-refractivity contribution in [3.63, 3.8) is 0 Å². The molecule has 2 rings (SSSR count). The highest BCUT2D eigenvalue weighted by Gasteiger charge is 2.26. The Labute approximate surface area is 103 Å². The summed E-state index contributed by atoms with van der Waals surface area (Å²) in [5.41, 5.74) is 0. The number of allylic oxidation sites excluding steroid dienone is 1. The molecule has 1 fully saturated rings. The molecule has 17 heavy (non-hydrogen) atoms. The normalized spacial score (nSPS) is 29.6. The van der Waals surface area contributed by atoms with Gasteiger partial charge in [-0.25, -0.2) is 0 Å². The molecule has 4 heteroatoms. The lowest BCUT2D eigenvalue weighted by Crippen LogP contribution is -2.46. The lowest BCUT2D eigenvalue weighted by atomic mass is 10.1. The first-order valence-corrected chi connectivity index (χ1v) is 6.56. The van der Waals surface area contributed by atoms with Crippen molar-refractivity contribution >= 4 is 5.91 Å². The van der Waals surface area contributed by atoms with Crippen molar-refractivity contribution in [2.75, 3.05) is 20.1 Å². The van der Waals surface area contributed by atoms with Crippen LogP contribution in [0.25, 0.3) is 0 Å². The summed E-state index contributed by atoms with van der Waals surface area (Å²) in [4.78, 5) is 14.0. The lowest BCUT2D eigenvalue weighted by molar-refractivity contribution is -0.126. The molecule has 1 saturated heterocycles. The predicted molar refractivity (Wildman–Crippen MR) is 66.5 cm³/mol. The van der Waals surface area contributed by atoms with Crippen LogP contribution in [0.4, 0.5) is 0 Å². The Kier molecular flexibility index (Phi) is 4.42. The van der Waals surface area contributed by atoms with Crippen LogP contribution in [0.5, 0.6) is 0 Å². The number of carbonyl (C=O) groups excluding carboxylic acids is 1. The molecule has 4 nitrogen and oxygen atoms in total. The first kappa shape index (κ1) is 12.4. The third kappa shape index (κ3) is 3.46. The van der Waals surface area contributed by atoms with Gasteiger partial charge in [0.25, 0.3) is 0 Å². The summed E-state index contributed by atoms with van der Waals surface area (Å²) in [6, 6.07) is 0.0204. The second-order valence-electron chi connectivity index (χ2n) is 4.95. The topological polar surface area (TPSA) is 41.6 Å². The number of hydrogen-bond donors (Lipinski definition) is 1. The van der Waals surface area contributed by atoms with Crippen molar-refractivity contribution in [2.45, 2.75) is 44.2 Å². The molecule has 2 aliphatic rings. The van der Waals surface area contributed by atoms with Crippen LogP contribution in [0.2, 0.25) is 0 Å². The van der Waals surface area contributed by atoms with Gasteiger partial charge in [0.15, 0.2) is 0 Å². The van der Waals surface area contributed by atoms with Crippen LogP contribution in [0.15, 0.2) is 12.3 Å². The summed E-state index contributed by atoms with van der Waals surface area (Å²) >= 11 is 0. The van der Waals surface area contributed by atoms with Gasteiger partial charge in [-0.3, -0.25) is 9.69 Å². The quantitative estimate of drug-likeness (QED) is 0.805. The van der Waals surface area contributed by atoms with E-state index >= 15 is 0 Å². The van der Waals surface area contributed by atoms with Crippen LogP contribution in [0.1, 0.15) is 32.1 Å². The van der Waals surface area contributed by atoms with Crippen molar-refractivity contribution in [1.82, 2.24) is 10.2 Å². The number of likely N-dealkylation sites (N-methyl/N-ethyl adjacent to an activating group) is 1. The van der Waals surface area contributed by atoms with Crippen LogP contribution >= 0.6 is 0 Å². The standard InChI is InChI=1S/C13H22N2O2/c1-15(10-11-6-3-5-9-17-11)12-7-2-4-8-14-13(12)16/h5,9,11-12H,2-4,6-8,10H2,1H3,(H,14,16). The third-order valence-electron chi connectivity index (χ3n) is 3.55. The second-order valence-corrected chi connectivity index (χ2v) is 4.95. The largest absolute Gasteiger partial charge is 0.497 e. The van der Waals surface area contributed by atoms with Gasteiger partial charge in [0.2, 0.25) is 5.91 Å². The van der Waals surface area contributed by atoms with Gasteiger partial charge in [0, 0.05) is 13.1 Å². The Balaban J connectivity index is 1.86. The zero-order chi connectivity index (χ0) is 12.1. The molecule has 2 aliphatic heterocycles. The third-order valence-corrected chi connectivity index (χ3v) is 3.55. The minimum absolute atomic E-state index is 0.0204. The van der Waals surface area contributed by atoms with E-state index in [-0.39, 0.29) is 18.1 Å². The zero-order valence-corrected chi connectivity index (χ0v) is 10.5. The zero-order valence-electron chi connectivity index (χ0n) is 10.5. The summed E-state index contributed by atoms with van der Waals surface area (Å²) in [7, 11) is 2.03. The fraction of sp³-hybridized carbons (Fsp3) is 0.769. The minimum atomic E-state index is 0.0204. The van der Waals surface area contributed by atoms with E-state index in [1.54, 1.807) is 6.26 Å². The average Bonchev–Trinajstić information content (AvgIpc) is 2.55. The van der Waals surface area contributed by atoms with E-state index in [4.69, 9.17) is 4.74 Å². The highest BCUT2D eigenvalue weighted by atomic mass is 16.5. The second kappa shape index (κ2) is 6.05. The fourth-order valence-electron chi connectivity index (χ4n) is 2.51. The molecule has 2 heterocycles. The molecule has 1 N–H and O–H groups in total. The predicted octanol–water partition coefficient (Wildman–Crippen LogP) is 1.28. The number of ether oxygens (including phenoxy) is 1. The lowest BCUT2D eigenvalue weighted by Gasteiger charge is -2.30. The van der Waals surface area contributed by atoms with Gasteiger partial charge in [-0.15, -0.1) is 0 Å². The van der Waals surface area contributed by atoms with Gasteiger partial charge in [-0.1, -0.05) is 0 Å². The number of hydrogen-bond acceptors (Lipinski definition) is 3. The average molecular weight is 238 g/mol. The van der Waals surface area contributed by atoms with E-state index in [9.17, 15) is 4.79 Å². The summed E-state index contributed by atoms with van der Waals surface area (Å²) in [6.45, 7) is 1.66. The minimum Gasteiger partial charge on any atom is -0.497 e. The first-order valence-electron chi connectivity index (χ1n) is 6.56. The van der Waals surface area contributed by atoms with Crippen molar-refractivity contribution < 1.29 is 9.53 Å². The maximum Gasteiger partial charge on any atom is 0.237 e. The smallest absolute Gasteiger partial charge is 0.237 e. The molecule has 0 spiro atoms. The maximum absolute atomic E-state index is 11.9. The van der Waals surface area contributed by atoms with Crippen molar-refractivity contribution in [2.24, 2.45) is 0 Å². The van der Waals surface area contributed by atoms with Crippen LogP contribution in [0.3, 0.4) is 0 Å². The fourth-order valence-corrected chi connectivity index (χ4v) is 2.51. The molecule has 0 bridgehead atoms. The number of rotatable bonds is 3. The Hall–Kier alpha value is -1.03. The number of amides is 1. The highest BCUT2D eigenvalue weighted by Crippen LogP contribution is 2.15. The van der Waals surface area contributed by atoms with Gasteiger partial charge in [-0.05, 0) is 45.2 Å². The Morgan fingerprint density at radius 1 is 1.47 bits per heavy atom. The Bertz CT molecular complexity index is 291. The molecule has 0 saturated carbocycles. The molecule has 96 valence electrons. The molecule has 1 amide bonds. The summed E-state index contributed by atoms with van der Waals surface area (Å²) in [6.07, 6.45) is 9.39.